The number of hydrogen-bond acceptors (Lipinski definition) is 3. The van der Waals surface area contributed by atoms with Crippen molar-refractivity contribution in [2.24, 2.45) is 0 Å². The number of nitrogens with zero attached hydrogens (tertiary/aromatic N) is 2. The van der Waals surface area contributed by atoms with E-state index in [0.29, 0.717) is 24.4 Å². The van der Waals surface area contributed by atoms with Gasteiger partial charge in [0.25, 0.3) is 0 Å². The second kappa shape index (κ2) is 5.80. The molecule has 2 aliphatic heterocycles. The maximum absolute atomic E-state index is 12.4. The van der Waals surface area contributed by atoms with Gasteiger partial charge >= 0.3 is 0 Å². The van der Waals surface area contributed by atoms with Crippen LogP contribution in [0.3, 0.4) is 0 Å². The standard InChI is InChI=1S/C15H29N3O/c1-12-10-17-9-5-6-13(17)11-18(12)14(19)7-8-16-15(2,3)4/h12-13,16H,5-11H2,1-4H3. The summed E-state index contributed by atoms with van der Waals surface area (Å²) in [6, 6.07) is 0.993. The van der Waals surface area contributed by atoms with Crippen molar-refractivity contribution in [2.45, 2.75) is 64.6 Å². The molecule has 4 nitrogen and oxygen atoms in total. The molecule has 1 N–H and O–H groups in total. The van der Waals surface area contributed by atoms with Crippen LogP contribution in [0.2, 0.25) is 0 Å². The van der Waals surface area contributed by atoms with E-state index in [9.17, 15) is 4.79 Å². The molecule has 0 spiro atoms. The zero-order chi connectivity index (χ0) is 14.0. The van der Waals surface area contributed by atoms with Crippen LogP contribution < -0.4 is 5.32 Å². The Labute approximate surface area is 117 Å². The van der Waals surface area contributed by atoms with Crippen molar-refractivity contribution < 1.29 is 4.79 Å². The van der Waals surface area contributed by atoms with Crippen molar-refractivity contribution in [3.8, 4) is 0 Å². The summed E-state index contributed by atoms with van der Waals surface area (Å²) < 4.78 is 0. The van der Waals surface area contributed by atoms with Crippen molar-refractivity contribution in [2.75, 3.05) is 26.2 Å². The Balaban J connectivity index is 1.81. The summed E-state index contributed by atoms with van der Waals surface area (Å²) in [5, 5.41) is 3.40. The average Bonchev–Trinajstić information content (AvgIpc) is 2.72. The molecule has 2 unspecified atom stereocenters. The molecule has 0 aromatic rings. The first-order valence-electron chi connectivity index (χ1n) is 7.65. The Bertz CT molecular complexity index is 324. The molecule has 0 saturated carbocycles. The maximum Gasteiger partial charge on any atom is 0.224 e. The highest BCUT2D eigenvalue weighted by Gasteiger charge is 2.36. The Morgan fingerprint density at radius 2 is 2.05 bits per heavy atom. The lowest BCUT2D eigenvalue weighted by molar-refractivity contribution is -0.136. The minimum Gasteiger partial charge on any atom is -0.337 e. The molecule has 2 atom stereocenters. The van der Waals surface area contributed by atoms with Crippen LogP contribution in [0.5, 0.6) is 0 Å². The van der Waals surface area contributed by atoms with Crippen LogP contribution in [0.15, 0.2) is 0 Å². The van der Waals surface area contributed by atoms with E-state index in [1.54, 1.807) is 0 Å². The zero-order valence-corrected chi connectivity index (χ0v) is 12.9. The van der Waals surface area contributed by atoms with Crippen LogP contribution in [-0.4, -0.2) is 59.5 Å². The highest BCUT2D eigenvalue weighted by atomic mass is 16.2. The third-order valence-electron chi connectivity index (χ3n) is 4.25. The summed E-state index contributed by atoms with van der Waals surface area (Å²) in [6.45, 7) is 12.6. The van der Waals surface area contributed by atoms with Crippen LogP contribution >= 0.6 is 0 Å². The van der Waals surface area contributed by atoms with Gasteiger partial charge in [-0.05, 0) is 47.1 Å². The molecular formula is C15H29N3O. The molecule has 0 aromatic carbocycles. The van der Waals surface area contributed by atoms with Gasteiger partial charge in [0, 0.05) is 43.7 Å². The molecule has 1 amide bonds. The smallest absolute Gasteiger partial charge is 0.224 e. The van der Waals surface area contributed by atoms with E-state index >= 15 is 0 Å². The predicted octanol–water partition coefficient (Wildman–Crippen LogP) is 1.46. The summed E-state index contributed by atoms with van der Waals surface area (Å²) in [7, 11) is 0. The summed E-state index contributed by atoms with van der Waals surface area (Å²) >= 11 is 0. The van der Waals surface area contributed by atoms with Gasteiger partial charge in [0.1, 0.15) is 0 Å². The predicted molar refractivity (Wildman–Crippen MR) is 78.1 cm³/mol. The Hall–Kier alpha value is -0.610. The van der Waals surface area contributed by atoms with Gasteiger partial charge < -0.3 is 10.2 Å². The SMILES string of the molecule is CC1CN2CCCC2CN1C(=O)CCNC(C)(C)C. The van der Waals surface area contributed by atoms with Gasteiger partial charge in [-0.25, -0.2) is 0 Å². The summed E-state index contributed by atoms with van der Waals surface area (Å²) in [6.07, 6.45) is 3.18. The van der Waals surface area contributed by atoms with Gasteiger partial charge in [-0.15, -0.1) is 0 Å². The van der Waals surface area contributed by atoms with E-state index in [0.717, 1.165) is 19.6 Å². The lowest BCUT2D eigenvalue weighted by atomic mass is 10.1. The van der Waals surface area contributed by atoms with Crippen LogP contribution in [0.25, 0.3) is 0 Å². The zero-order valence-electron chi connectivity index (χ0n) is 12.9. The van der Waals surface area contributed by atoms with E-state index in [-0.39, 0.29) is 5.54 Å². The normalized spacial score (nSPS) is 28.5. The van der Waals surface area contributed by atoms with Gasteiger partial charge in [-0.2, -0.15) is 0 Å². The third kappa shape index (κ3) is 3.93. The van der Waals surface area contributed by atoms with Crippen LogP contribution in [0.4, 0.5) is 0 Å². The van der Waals surface area contributed by atoms with Crippen LogP contribution in [-0.2, 0) is 4.79 Å². The largest absolute Gasteiger partial charge is 0.337 e. The first-order valence-corrected chi connectivity index (χ1v) is 7.65. The maximum atomic E-state index is 12.4. The molecular weight excluding hydrogens is 238 g/mol. The molecule has 2 fully saturated rings. The molecule has 2 heterocycles. The van der Waals surface area contributed by atoms with Gasteiger partial charge in [-0.3, -0.25) is 9.69 Å². The van der Waals surface area contributed by atoms with E-state index in [1.807, 2.05) is 0 Å². The number of rotatable bonds is 3. The second-order valence-electron chi connectivity index (χ2n) is 7.11. The number of nitrogens with one attached hydrogen (secondary N) is 1. The van der Waals surface area contributed by atoms with Crippen LogP contribution in [0.1, 0.15) is 47.0 Å². The van der Waals surface area contributed by atoms with Crippen molar-refractivity contribution in [1.29, 1.82) is 0 Å². The van der Waals surface area contributed by atoms with Crippen molar-refractivity contribution in [3.63, 3.8) is 0 Å². The molecule has 0 bridgehead atoms. The third-order valence-corrected chi connectivity index (χ3v) is 4.25. The topological polar surface area (TPSA) is 35.6 Å². The first kappa shape index (κ1) is 14.8. The fourth-order valence-electron chi connectivity index (χ4n) is 3.22. The minimum atomic E-state index is 0.0933. The first-order chi connectivity index (χ1) is 8.87. The molecule has 2 rings (SSSR count). The average molecular weight is 267 g/mol. The van der Waals surface area contributed by atoms with E-state index in [4.69, 9.17) is 0 Å². The highest BCUT2D eigenvalue weighted by molar-refractivity contribution is 5.77. The molecule has 0 radical (unpaired) electrons. The number of amides is 1. The monoisotopic (exact) mass is 267 g/mol. The number of fused-ring (bicyclic) bond motifs is 1. The summed E-state index contributed by atoms with van der Waals surface area (Å²) in [5.74, 6) is 0.316. The number of hydrogen-bond donors (Lipinski definition) is 1. The van der Waals surface area contributed by atoms with Gasteiger partial charge in [-0.1, -0.05) is 0 Å². The number of carbonyl (C=O) groups is 1. The van der Waals surface area contributed by atoms with E-state index in [2.05, 4.69) is 42.8 Å². The van der Waals surface area contributed by atoms with Crippen LogP contribution in [0, 0.1) is 0 Å². The van der Waals surface area contributed by atoms with Crippen molar-refractivity contribution in [3.05, 3.63) is 0 Å². The molecule has 110 valence electrons. The van der Waals surface area contributed by atoms with E-state index in [1.165, 1.54) is 19.4 Å². The molecule has 19 heavy (non-hydrogen) atoms. The van der Waals surface area contributed by atoms with E-state index < -0.39 is 0 Å². The quantitative estimate of drug-likeness (QED) is 0.841. The number of carbonyl (C=O) groups excluding carboxylic acids is 1. The van der Waals surface area contributed by atoms with Crippen molar-refractivity contribution in [1.82, 2.24) is 15.1 Å². The minimum absolute atomic E-state index is 0.0933. The van der Waals surface area contributed by atoms with Gasteiger partial charge in [0.15, 0.2) is 0 Å². The molecule has 4 heteroatoms. The Morgan fingerprint density at radius 1 is 1.32 bits per heavy atom. The lowest BCUT2D eigenvalue weighted by Crippen LogP contribution is -2.57. The van der Waals surface area contributed by atoms with Gasteiger partial charge in [0.05, 0.1) is 0 Å². The second-order valence-corrected chi connectivity index (χ2v) is 7.11. The number of piperazine rings is 1. The van der Waals surface area contributed by atoms with Crippen molar-refractivity contribution >= 4 is 5.91 Å². The molecule has 2 aliphatic rings. The highest BCUT2D eigenvalue weighted by Crippen LogP contribution is 2.24. The fourth-order valence-corrected chi connectivity index (χ4v) is 3.22. The molecule has 0 aromatic heterocycles. The molecule has 0 aliphatic carbocycles. The lowest BCUT2D eigenvalue weighted by Gasteiger charge is -2.42. The van der Waals surface area contributed by atoms with Gasteiger partial charge in [0.2, 0.25) is 5.91 Å². The fraction of sp³-hybridized carbons (Fsp3) is 0.933. The Morgan fingerprint density at radius 3 is 2.74 bits per heavy atom. The molecule has 2 saturated heterocycles. The summed E-state index contributed by atoms with van der Waals surface area (Å²) in [5.41, 5.74) is 0.0933. The Kier molecular flexibility index (Phi) is 4.51. The summed E-state index contributed by atoms with van der Waals surface area (Å²) in [4.78, 5) is 17.0.